The lowest BCUT2D eigenvalue weighted by Gasteiger charge is -2.45. The van der Waals surface area contributed by atoms with Crippen molar-refractivity contribution in [3.8, 4) is 0 Å². The van der Waals surface area contributed by atoms with E-state index in [9.17, 15) is 9.59 Å². The van der Waals surface area contributed by atoms with Crippen LogP contribution in [-0.2, 0) is 14.3 Å². The molecule has 0 aliphatic carbocycles. The fourth-order valence-corrected chi connectivity index (χ4v) is 3.32. The molecule has 0 aromatic heterocycles. The average Bonchev–Trinajstić information content (AvgIpc) is 2.30. The van der Waals surface area contributed by atoms with Gasteiger partial charge < -0.3 is 4.74 Å². The predicted molar refractivity (Wildman–Crippen MR) is 83.2 cm³/mol. The summed E-state index contributed by atoms with van der Waals surface area (Å²) in [5, 5.41) is 0.696. The third-order valence-corrected chi connectivity index (χ3v) is 5.15. The highest BCUT2D eigenvalue weighted by Gasteiger charge is 2.56. The number of hydrogen-bond donors (Lipinski definition) is 0. The summed E-state index contributed by atoms with van der Waals surface area (Å²) in [4.78, 5) is 25.1. The molecule has 0 bridgehead atoms. The third kappa shape index (κ3) is 2.56. The number of carbonyl (C=O) groups excluding carboxylic acids is 2. The largest absolute Gasteiger partial charge is 0.458 e. The van der Waals surface area contributed by atoms with Crippen LogP contribution >= 0.6 is 34.8 Å². The van der Waals surface area contributed by atoms with Crippen molar-refractivity contribution in [2.75, 3.05) is 0 Å². The fourth-order valence-electron chi connectivity index (χ4n) is 2.28. The molecule has 0 saturated carbocycles. The zero-order valence-electron chi connectivity index (χ0n) is 12.1. The number of benzene rings is 1. The Labute approximate surface area is 138 Å². The van der Waals surface area contributed by atoms with Crippen molar-refractivity contribution in [3.63, 3.8) is 0 Å². The molecule has 0 amide bonds. The van der Waals surface area contributed by atoms with Gasteiger partial charge in [-0.2, -0.15) is 0 Å². The number of ether oxygens (including phenoxy) is 1. The standard InChI is InChI=1S/C15H15Cl3O3/c1-14(2)12(19)11(13(20)21-15(14,3)4)10-8(17)5-7(16)6-9(10)18/h5-6,11H,1-4H3. The Morgan fingerprint density at radius 2 is 1.48 bits per heavy atom. The second-order valence-corrected chi connectivity index (χ2v) is 7.39. The first-order chi connectivity index (χ1) is 9.49. The molecule has 1 fully saturated rings. The summed E-state index contributed by atoms with van der Waals surface area (Å²) in [5.74, 6) is -2.05. The zero-order chi connectivity index (χ0) is 16.2. The van der Waals surface area contributed by atoms with E-state index >= 15 is 0 Å². The van der Waals surface area contributed by atoms with Crippen molar-refractivity contribution >= 4 is 46.6 Å². The molecular weight excluding hydrogens is 335 g/mol. The van der Waals surface area contributed by atoms with Crippen molar-refractivity contribution in [3.05, 3.63) is 32.8 Å². The average molecular weight is 350 g/mol. The highest BCUT2D eigenvalue weighted by Crippen LogP contribution is 2.47. The molecule has 21 heavy (non-hydrogen) atoms. The van der Waals surface area contributed by atoms with Crippen LogP contribution in [0.3, 0.4) is 0 Å². The van der Waals surface area contributed by atoms with E-state index in [1.165, 1.54) is 12.1 Å². The summed E-state index contributed by atoms with van der Waals surface area (Å²) in [5.41, 5.74) is -1.51. The Kier molecular flexibility index (Phi) is 4.07. The Balaban J connectivity index is 2.60. The molecule has 0 N–H and O–H groups in total. The molecule has 1 atom stereocenters. The summed E-state index contributed by atoms with van der Waals surface area (Å²) in [6, 6.07) is 2.91. The number of rotatable bonds is 1. The summed E-state index contributed by atoms with van der Waals surface area (Å²) >= 11 is 18.1. The number of esters is 1. The summed E-state index contributed by atoms with van der Waals surface area (Å²) < 4.78 is 5.46. The first kappa shape index (κ1) is 16.6. The third-order valence-electron chi connectivity index (χ3n) is 4.31. The molecule has 0 spiro atoms. The minimum Gasteiger partial charge on any atom is -0.458 e. The lowest BCUT2D eigenvalue weighted by Crippen LogP contribution is -2.56. The minimum absolute atomic E-state index is 0.179. The van der Waals surface area contributed by atoms with Gasteiger partial charge >= 0.3 is 5.97 Å². The van der Waals surface area contributed by atoms with Crippen LogP contribution < -0.4 is 0 Å². The molecule has 1 unspecified atom stereocenters. The van der Waals surface area contributed by atoms with Crippen molar-refractivity contribution in [1.29, 1.82) is 0 Å². The second kappa shape index (κ2) is 5.15. The van der Waals surface area contributed by atoms with E-state index in [0.29, 0.717) is 5.02 Å². The molecule has 1 aliphatic rings. The second-order valence-electron chi connectivity index (χ2n) is 6.14. The van der Waals surface area contributed by atoms with Gasteiger partial charge in [-0.15, -0.1) is 0 Å². The molecule has 1 heterocycles. The Morgan fingerprint density at radius 1 is 1.00 bits per heavy atom. The van der Waals surface area contributed by atoms with Gasteiger partial charge in [-0.05, 0) is 39.8 Å². The molecule has 0 radical (unpaired) electrons. The Hall–Kier alpha value is -0.770. The summed E-state index contributed by atoms with van der Waals surface area (Å²) in [6.07, 6.45) is 0. The normalized spacial score (nSPS) is 23.9. The van der Waals surface area contributed by atoms with Gasteiger partial charge in [0.2, 0.25) is 0 Å². The molecular formula is C15H15Cl3O3. The van der Waals surface area contributed by atoms with E-state index < -0.39 is 22.9 Å². The van der Waals surface area contributed by atoms with E-state index in [2.05, 4.69) is 0 Å². The number of ketones is 1. The van der Waals surface area contributed by atoms with Crippen LogP contribution in [0.25, 0.3) is 0 Å². The molecule has 1 aliphatic heterocycles. The number of halogens is 3. The molecule has 3 nitrogen and oxygen atoms in total. The minimum atomic E-state index is -1.13. The fraction of sp³-hybridized carbons (Fsp3) is 0.467. The highest BCUT2D eigenvalue weighted by atomic mass is 35.5. The number of Topliss-reactive ketones (excluding diaryl/α,β-unsaturated/α-hetero) is 1. The first-order valence-electron chi connectivity index (χ1n) is 6.40. The predicted octanol–water partition coefficient (Wildman–Crippen LogP) is 4.66. The van der Waals surface area contributed by atoms with Gasteiger partial charge in [-0.25, -0.2) is 0 Å². The van der Waals surface area contributed by atoms with Crippen LogP contribution in [0.2, 0.25) is 15.1 Å². The zero-order valence-corrected chi connectivity index (χ0v) is 14.4. The van der Waals surface area contributed by atoms with Crippen molar-refractivity contribution in [2.45, 2.75) is 39.2 Å². The SMILES string of the molecule is CC1(C)OC(=O)C(c2c(Cl)cc(Cl)cc2Cl)C(=O)C1(C)C. The van der Waals surface area contributed by atoms with Gasteiger partial charge in [0.1, 0.15) is 11.5 Å². The van der Waals surface area contributed by atoms with Crippen molar-refractivity contribution in [1.82, 2.24) is 0 Å². The maximum atomic E-state index is 12.8. The summed E-state index contributed by atoms with van der Waals surface area (Å²) in [6.45, 7) is 6.91. The maximum absolute atomic E-state index is 12.8. The first-order valence-corrected chi connectivity index (χ1v) is 7.54. The van der Waals surface area contributed by atoms with E-state index in [0.717, 1.165) is 0 Å². The quantitative estimate of drug-likeness (QED) is 0.547. The number of carbonyl (C=O) groups is 2. The number of hydrogen-bond acceptors (Lipinski definition) is 3. The van der Waals surface area contributed by atoms with Crippen LogP contribution in [0, 0.1) is 5.41 Å². The highest BCUT2D eigenvalue weighted by molar-refractivity contribution is 6.40. The molecule has 1 aromatic rings. The Bertz CT molecular complexity index is 612. The maximum Gasteiger partial charge on any atom is 0.321 e. The molecule has 114 valence electrons. The van der Waals surface area contributed by atoms with E-state index in [1.54, 1.807) is 27.7 Å². The smallest absolute Gasteiger partial charge is 0.321 e. The van der Waals surface area contributed by atoms with Gasteiger partial charge in [0, 0.05) is 20.6 Å². The van der Waals surface area contributed by atoms with Crippen LogP contribution in [0.4, 0.5) is 0 Å². The summed E-state index contributed by atoms with van der Waals surface area (Å²) in [7, 11) is 0. The van der Waals surface area contributed by atoms with Gasteiger partial charge in [-0.1, -0.05) is 34.8 Å². The van der Waals surface area contributed by atoms with Gasteiger partial charge in [0.05, 0.1) is 5.41 Å². The van der Waals surface area contributed by atoms with Crippen LogP contribution in [0.15, 0.2) is 12.1 Å². The molecule has 1 saturated heterocycles. The topological polar surface area (TPSA) is 43.4 Å². The van der Waals surface area contributed by atoms with Crippen LogP contribution in [0.5, 0.6) is 0 Å². The van der Waals surface area contributed by atoms with Gasteiger partial charge in [-0.3, -0.25) is 9.59 Å². The van der Waals surface area contributed by atoms with Gasteiger partial charge in [0.15, 0.2) is 5.78 Å². The van der Waals surface area contributed by atoms with Gasteiger partial charge in [0.25, 0.3) is 0 Å². The van der Waals surface area contributed by atoms with E-state index in [1.807, 2.05) is 0 Å². The van der Waals surface area contributed by atoms with Crippen molar-refractivity contribution < 1.29 is 14.3 Å². The van der Waals surface area contributed by atoms with Crippen LogP contribution in [-0.4, -0.2) is 17.4 Å². The number of cyclic esters (lactones) is 1. The van der Waals surface area contributed by atoms with Crippen LogP contribution in [0.1, 0.15) is 39.2 Å². The molecule has 6 heteroatoms. The van der Waals surface area contributed by atoms with E-state index in [4.69, 9.17) is 39.5 Å². The monoisotopic (exact) mass is 348 g/mol. The Morgan fingerprint density at radius 3 is 1.95 bits per heavy atom. The van der Waals surface area contributed by atoms with Crippen molar-refractivity contribution in [2.24, 2.45) is 5.41 Å². The lowest BCUT2D eigenvalue weighted by atomic mass is 9.67. The molecule has 1 aromatic carbocycles. The lowest BCUT2D eigenvalue weighted by molar-refractivity contribution is -0.186. The molecule has 2 rings (SSSR count). The van der Waals surface area contributed by atoms with E-state index in [-0.39, 0.29) is 21.4 Å².